The molecule has 1 aliphatic carbocycles. The number of methoxy groups -OCH3 is 1. The molecule has 1 aromatic carbocycles. The fourth-order valence-electron chi connectivity index (χ4n) is 2.21. The number of benzene rings is 1. The first kappa shape index (κ1) is 19.0. The summed E-state index contributed by atoms with van der Waals surface area (Å²) in [6.45, 7) is 4.22. The second kappa shape index (κ2) is 8.67. The Morgan fingerprint density at radius 1 is 1.12 bits per heavy atom. The van der Waals surface area contributed by atoms with Crippen molar-refractivity contribution in [3.8, 4) is 0 Å². The number of hydrogen-bond donors (Lipinski definition) is 1. The van der Waals surface area contributed by atoms with E-state index < -0.39 is 0 Å². The van der Waals surface area contributed by atoms with Crippen molar-refractivity contribution in [2.75, 3.05) is 18.2 Å². The number of allylic oxidation sites excluding steroid dienone is 3. The molecule has 0 amide bonds. The molecule has 0 bridgehead atoms. The van der Waals surface area contributed by atoms with Crippen molar-refractivity contribution in [3.63, 3.8) is 0 Å². The van der Waals surface area contributed by atoms with Crippen LogP contribution in [-0.2, 0) is 19.1 Å². The molecule has 1 N–H and O–H groups in total. The highest BCUT2D eigenvalue weighted by molar-refractivity contribution is 8.04. The van der Waals surface area contributed by atoms with Crippen molar-refractivity contribution < 1.29 is 19.1 Å². The number of ether oxygens (including phenoxy) is 1. The van der Waals surface area contributed by atoms with E-state index in [0.29, 0.717) is 16.6 Å². The van der Waals surface area contributed by atoms with Crippen LogP contribution in [0.3, 0.4) is 0 Å². The summed E-state index contributed by atoms with van der Waals surface area (Å²) in [6, 6.07) is 7.76. The topological polar surface area (TPSA) is 72.5 Å². The summed E-state index contributed by atoms with van der Waals surface area (Å²) in [5.41, 5.74) is 2.21. The van der Waals surface area contributed by atoms with Gasteiger partial charge in [-0.05, 0) is 23.6 Å². The van der Waals surface area contributed by atoms with Crippen molar-refractivity contribution in [2.24, 2.45) is 0 Å². The predicted molar refractivity (Wildman–Crippen MR) is 99.4 cm³/mol. The second-order valence-electron chi connectivity index (χ2n) is 5.87. The molecule has 2 rings (SSSR count). The molecule has 1 aromatic rings. The van der Waals surface area contributed by atoms with Gasteiger partial charge in [-0.2, -0.15) is 0 Å². The Morgan fingerprint density at radius 2 is 1.80 bits per heavy atom. The Hall–Kier alpha value is -2.34. The Kier molecular flexibility index (Phi) is 6.58. The first-order valence-electron chi connectivity index (χ1n) is 7.99. The standard InChI is InChI=1S/C19H21NO4S/c1-12(2)13-4-6-14(7-5-13)20-15-10-17(22)18(11-16(15)21)25-9-8-19(23)24-3/h4-7,10-12,20H,8-9H2,1-3H3. The van der Waals surface area contributed by atoms with E-state index >= 15 is 0 Å². The summed E-state index contributed by atoms with van der Waals surface area (Å²) in [7, 11) is 1.32. The van der Waals surface area contributed by atoms with Crippen LogP contribution in [0.1, 0.15) is 31.7 Å². The zero-order chi connectivity index (χ0) is 18.4. The first-order chi connectivity index (χ1) is 11.9. The lowest BCUT2D eigenvalue weighted by Crippen LogP contribution is -2.17. The lowest BCUT2D eigenvalue weighted by Gasteiger charge is -2.14. The van der Waals surface area contributed by atoms with Crippen LogP contribution < -0.4 is 5.32 Å². The molecule has 0 atom stereocenters. The van der Waals surface area contributed by atoms with Gasteiger partial charge in [0.1, 0.15) is 0 Å². The van der Waals surface area contributed by atoms with E-state index in [1.807, 2.05) is 24.3 Å². The van der Waals surface area contributed by atoms with Crippen molar-refractivity contribution in [3.05, 3.63) is 52.6 Å². The third-order valence-electron chi connectivity index (χ3n) is 3.69. The molecule has 0 heterocycles. The summed E-state index contributed by atoms with van der Waals surface area (Å²) in [5, 5.41) is 2.99. The van der Waals surface area contributed by atoms with Gasteiger partial charge in [-0.15, -0.1) is 11.8 Å². The molecule has 0 saturated carbocycles. The normalized spacial score (nSPS) is 14.2. The third kappa shape index (κ3) is 5.32. The molecule has 0 unspecified atom stereocenters. The molecule has 6 heteroatoms. The van der Waals surface area contributed by atoms with E-state index in [-0.39, 0.29) is 29.7 Å². The third-order valence-corrected chi connectivity index (χ3v) is 4.73. The SMILES string of the molecule is COC(=O)CCSC1=CC(=O)C(Nc2ccc(C(C)C)cc2)=CC1=O. The molecule has 132 valence electrons. The molecular weight excluding hydrogens is 338 g/mol. The van der Waals surface area contributed by atoms with Crippen LogP contribution in [0.4, 0.5) is 5.69 Å². The maximum Gasteiger partial charge on any atom is 0.306 e. The molecular formula is C19H21NO4S. The Morgan fingerprint density at radius 3 is 2.40 bits per heavy atom. The number of hydrogen-bond acceptors (Lipinski definition) is 6. The molecule has 0 radical (unpaired) electrons. The van der Waals surface area contributed by atoms with Gasteiger partial charge in [0.25, 0.3) is 0 Å². The number of carbonyl (C=O) groups is 3. The molecule has 0 aromatic heterocycles. The average Bonchev–Trinajstić information content (AvgIpc) is 2.59. The van der Waals surface area contributed by atoms with E-state index in [4.69, 9.17) is 0 Å². The number of ketones is 2. The minimum atomic E-state index is -0.342. The summed E-state index contributed by atoms with van der Waals surface area (Å²) in [6.07, 6.45) is 2.81. The van der Waals surface area contributed by atoms with Gasteiger partial charge in [0.05, 0.1) is 24.1 Å². The second-order valence-corrected chi connectivity index (χ2v) is 7.01. The van der Waals surface area contributed by atoms with Crippen molar-refractivity contribution >= 4 is 35.0 Å². The van der Waals surface area contributed by atoms with E-state index in [9.17, 15) is 14.4 Å². The minimum Gasteiger partial charge on any atom is -0.469 e. The Labute approximate surface area is 151 Å². The van der Waals surface area contributed by atoms with Crippen LogP contribution in [0.15, 0.2) is 47.0 Å². The Bertz CT molecular complexity index is 732. The largest absolute Gasteiger partial charge is 0.469 e. The first-order valence-corrected chi connectivity index (χ1v) is 8.98. The molecule has 0 aliphatic heterocycles. The van der Waals surface area contributed by atoms with Gasteiger partial charge in [-0.3, -0.25) is 14.4 Å². The molecule has 1 aliphatic rings. The van der Waals surface area contributed by atoms with Gasteiger partial charge >= 0.3 is 5.97 Å². The number of rotatable bonds is 7. The smallest absolute Gasteiger partial charge is 0.306 e. The van der Waals surface area contributed by atoms with E-state index in [1.54, 1.807) is 0 Å². The quantitative estimate of drug-likeness (QED) is 0.594. The average molecular weight is 359 g/mol. The molecule has 0 fully saturated rings. The molecule has 25 heavy (non-hydrogen) atoms. The van der Waals surface area contributed by atoms with Gasteiger partial charge < -0.3 is 10.1 Å². The van der Waals surface area contributed by atoms with E-state index in [2.05, 4.69) is 23.9 Å². The molecule has 0 spiro atoms. The van der Waals surface area contributed by atoms with Crippen LogP contribution >= 0.6 is 11.8 Å². The van der Waals surface area contributed by atoms with Gasteiger partial charge in [0.15, 0.2) is 5.78 Å². The van der Waals surface area contributed by atoms with Gasteiger partial charge in [0.2, 0.25) is 5.78 Å². The Balaban J connectivity index is 1.98. The highest BCUT2D eigenvalue weighted by atomic mass is 32.2. The zero-order valence-corrected chi connectivity index (χ0v) is 15.3. The van der Waals surface area contributed by atoms with Gasteiger partial charge in [-0.1, -0.05) is 26.0 Å². The summed E-state index contributed by atoms with van der Waals surface area (Å²) in [4.78, 5) is 35.8. The number of thioether (sulfide) groups is 1. The maximum atomic E-state index is 12.2. The van der Waals surface area contributed by atoms with Gasteiger partial charge in [-0.25, -0.2) is 0 Å². The van der Waals surface area contributed by atoms with Crippen molar-refractivity contribution in [2.45, 2.75) is 26.2 Å². The van der Waals surface area contributed by atoms with Crippen molar-refractivity contribution in [1.29, 1.82) is 0 Å². The van der Waals surface area contributed by atoms with Crippen molar-refractivity contribution in [1.82, 2.24) is 0 Å². The van der Waals surface area contributed by atoms with Crippen LogP contribution in [0, 0.1) is 0 Å². The van der Waals surface area contributed by atoms with E-state index in [1.165, 1.54) is 36.6 Å². The highest BCUT2D eigenvalue weighted by Crippen LogP contribution is 2.25. The number of esters is 1. The maximum absolute atomic E-state index is 12.2. The van der Waals surface area contributed by atoms with Gasteiger partial charge in [0, 0.05) is 23.6 Å². The zero-order valence-electron chi connectivity index (χ0n) is 14.5. The number of carbonyl (C=O) groups excluding carboxylic acids is 3. The summed E-state index contributed by atoms with van der Waals surface area (Å²) in [5.74, 6) is -0.0157. The highest BCUT2D eigenvalue weighted by Gasteiger charge is 2.21. The van der Waals surface area contributed by atoms with Crippen LogP contribution in [-0.4, -0.2) is 30.4 Å². The monoisotopic (exact) mass is 359 g/mol. The minimum absolute atomic E-state index is 0.191. The van der Waals surface area contributed by atoms with Crippen LogP contribution in [0.2, 0.25) is 0 Å². The predicted octanol–water partition coefficient (Wildman–Crippen LogP) is 3.44. The molecule has 5 nitrogen and oxygen atoms in total. The summed E-state index contributed by atoms with van der Waals surface area (Å²) >= 11 is 1.18. The number of anilines is 1. The fourth-order valence-corrected chi connectivity index (χ4v) is 3.09. The van der Waals surface area contributed by atoms with Crippen LogP contribution in [0.25, 0.3) is 0 Å². The fraction of sp³-hybridized carbons (Fsp3) is 0.316. The van der Waals surface area contributed by atoms with Crippen LogP contribution in [0.5, 0.6) is 0 Å². The van der Waals surface area contributed by atoms with E-state index in [0.717, 1.165) is 5.69 Å². The lowest BCUT2D eigenvalue weighted by atomic mass is 10.0. The molecule has 0 saturated heterocycles. The summed E-state index contributed by atoms with van der Waals surface area (Å²) < 4.78 is 4.55. The lowest BCUT2D eigenvalue weighted by molar-refractivity contribution is -0.140. The number of nitrogens with one attached hydrogen (secondary N) is 1.